The van der Waals surface area contributed by atoms with Crippen LogP contribution >= 0.6 is 0 Å². The first kappa shape index (κ1) is 22.5. The molecule has 0 saturated carbocycles. The molecule has 1 aliphatic rings. The monoisotopic (exact) mass is 447 g/mol. The summed E-state index contributed by atoms with van der Waals surface area (Å²) >= 11 is 0. The summed E-state index contributed by atoms with van der Waals surface area (Å²) in [6, 6.07) is 22.2. The van der Waals surface area contributed by atoms with E-state index in [-0.39, 0.29) is 18.6 Å². The van der Waals surface area contributed by atoms with Crippen molar-refractivity contribution in [3.8, 4) is 23.0 Å². The van der Waals surface area contributed by atoms with E-state index in [4.69, 9.17) is 18.9 Å². The Hall–Kier alpha value is -3.67. The van der Waals surface area contributed by atoms with E-state index in [0.717, 1.165) is 29.0 Å². The van der Waals surface area contributed by atoms with Gasteiger partial charge in [-0.2, -0.15) is 0 Å². The predicted molar refractivity (Wildman–Crippen MR) is 126 cm³/mol. The lowest BCUT2D eigenvalue weighted by Crippen LogP contribution is -2.30. The molecule has 1 heterocycles. The number of carbonyl (C=O) groups excluding carboxylic acids is 1. The highest BCUT2D eigenvalue weighted by Gasteiger charge is 2.21. The summed E-state index contributed by atoms with van der Waals surface area (Å²) in [6.07, 6.45) is 0.774. The highest BCUT2D eigenvalue weighted by Crippen LogP contribution is 2.37. The second-order valence-corrected chi connectivity index (χ2v) is 7.99. The standard InChI is InChI=1S/C27H29NO5/c1-19(29)28(17-20-9-11-24(30-2)26(15-20)31-3)14-13-23(21-7-5-4-6-8-21)22-10-12-25-27(16-22)33-18-32-25/h4-12,15-16,23H,13-14,17-18H2,1-3H3/t23-/m1/s1. The van der Waals surface area contributed by atoms with Crippen LogP contribution in [0.3, 0.4) is 0 Å². The summed E-state index contributed by atoms with van der Waals surface area (Å²) in [5.41, 5.74) is 3.33. The Morgan fingerprint density at radius 2 is 1.67 bits per heavy atom. The van der Waals surface area contributed by atoms with Crippen LogP contribution < -0.4 is 18.9 Å². The summed E-state index contributed by atoms with van der Waals surface area (Å²) in [6.45, 7) is 2.97. The number of fused-ring (bicyclic) bond motifs is 1. The van der Waals surface area contributed by atoms with Gasteiger partial charge in [0.1, 0.15) is 0 Å². The van der Waals surface area contributed by atoms with Gasteiger partial charge in [-0.05, 0) is 47.4 Å². The normalized spacial score (nSPS) is 12.8. The number of nitrogens with zero attached hydrogens (tertiary/aromatic N) is 1. The van der Waals surface area contributed by atoms with Crippen molar-refractivity contribution in [1.29, 1.82) is 0 Å². The van der Waals surface area contributed by atoms with Crippen LogP contribution in [0.15, 0.2) is 66.7 Å². The SMILES string of the molecule is COc1ccc(CN(CC[C@H](c2ccccc2)c2ccc3c(c2)OCO3)C(C)=O)cc1OC. The van der Waals surface area contributed by atoms with Crippen LogP contribution in [0.5, 0.6) is 23.0 Å². The minimum atomic E-state index is 0.0299. The lowest BCUT2D eigenvalue weighted by molar-refractivity contribution is -0.129. The number of amides is 1. The molecule has 0 fully saturated rings. The van der Waals surface area contributed by atoms with Crippen molar-refractivity contribution in [2.45, 2.75) is 25.8 Å². The number of hydrogen-bond acceptors (Lipinski definition) is 5. The smallest absolute Gasteiger partial charge is 0.231 e. The molecule has 1 aliphatic heterocycles. The minimum Gasteiger partial charge on any atom is -0.493 e. The molecule has 0 bridgehead atoms. The zero-order chi connectivity index (χ0) is 23.2. The van der Waals surface area contributed by atoms with E-state index in [1.54, 1.807) is 21.1 Å². The van der Waals surface area contributed by atoms with E-state index in [0.29, 0.717) is 24.6 Å². The first-order valence-electron chi connectivity index (χ1n) is 11.0. The third kappa shape index (κ3) is 5.22. The maximum absolute atomic E-state index is 12.5. The largest absolute Gasteiger partial charge is 0.493 e. The molecule has 0 N–H and O–H groups in total. The molecule has 1 amide bonds. The van der Waals surface area contributed by atoms with Gasteiger partial charge in [-0.3, -0.25) is 4.79 Å². The van der Waals surface area contributed by atoms with Crippen LogP contribution in [0, 0.1) is 0 Å². The van der Waals surface area contributed by atoms with E-state index in [1.165, 1.54) is 5.56 Å². The summed E-state index contributed by atoms with van der Waals surface area (Å²) in [5.74, 6) is 3.00. The molecule has 3 aromatic carbocycles. The molecule has 6 heteroatoms. The van der Waals surface area contributed by atoms with Gasteiger partial charge in [0, 0.05) is 25.9 Å². The Balaban J connectivity index is 1.55. The van der Waals surface area contributed by atoms with Gasteiger partial charge in [0.25, 0.3) is 0 Å². The Labute approximate surface area is 194 Å². The van der Waals surface area contributed by atoms with E-state index >= 15 is 0 Å². The van der Waals surface area contributed by atoms with Gasteiger partial charge < -0.3 is 23.8 Å². The summed E-state index contributed by atoms with van der Waals surface area (Å²) in [5, 5.41) is 0. The molecule has 0 radical (unpaired) electrons. The molecule has 1 atom stereocenters. The third-order valence-electron chi connectivity index (χ3n) is 5.96. The fourth-order valence-electron chi connectivity index (χ4n) is 4.17. The maximum Gasteiger partial charge on any atom is 0.231 e. The third-order valence-corrected chi connectivity index (χ3v) is 5.96. The molecule has 4 rings (SSSR count). The average molecular weight is 448 g/mol. The zero-order valence-electron chi connectivity index (χ0n) is 19.2. The predicted octanol–water partition coefficient (Wildman–Crippen LogP) is 5.00. The molecule has 172 valence electrons. The second-order valence-electron chi connectivity index (χ2n) is 7.99. The highest BCUT2D eigenvalue weighted by atomic mass is 16.7. The van der Waals surface area contributed by atoms with Gasteiger partial charge in [0.05, 0.1) is 14.2 Å². The molecule has 6 nitrogen and oxygen atoms in total. The van der Waals surface area contributed by atoms with Crippen LogP contribution in [0.25, 0.3) is 0 Å². The Kier molecular flexibility index (Phi) is 7.03. The number of carbonyl (C=O) groups is 1. The van der Waals surface area contributed by atoms with Crippen molar-refractivity contribution >= 4 is 5.91 Å². The quantitative estimate of drug-likeness (QED) is 0.462. The topological polar surface area (TPSA) is 57.2 Å². The second kappa shape index (κ2) is 10.3. The molecule has 0 spiro atoms. The van der Waals surface area contributed by atoms with Crippen molar-refractivity contribution in [2.24, 2.45) is 0 Å². The van der Waals surface area contributed by atoms with Crippen LogP contribution in [0.2, 0.25) is 0 Å². The molecule has 3 aromatic rings. The number of methoxy groups -OCH3 is 2. The van der Waals surface area contributed by atoms with Crippen molar-refractivity contribution in [1.82, 2.24) is 4.90 Å². The minimum absolute atomic E-state index is 0.0299. The molecule has 0 aliphatic carbocycles. The number of ether oxygens (including phenoxy) is 4. The Morgan fingerprint density at radius 3 is 2.39 bits per heavy atom. The van der Waals surface area contributed by atoms with Gasteiger partial charge in [0.2, 0.25) is 12.7 Å². The molecule has 0 aromatic heterocycles. The summed E-state index contributed by atoms with van der Waals surface area (Å²) < 4.78 is 21.8. The first-order chi connectivity index (χ1) is 16.1. The lowest BCUT2D eigenvalue weighted by atomic mass is 9.88. The van der Waals surface area contributed by atoms with Gasteiger partial charge in [-0.25, -0.2) is 0 Å². The first-order valence-corrected chi connectivity index (χ1v) is 11.0. The maximum atomic E-state index is 12.5. The fraction of sp³-hybridized carbons (Fsp3) is 0.296. The molecule has 0 saturated heterocycles. The molecular formula is C27H29NO5. The summed E-state index contributed by atoms with van der Waals surface area (Å²) in [7, 11) is 3.22. The lowest BCUT2D eigenvalue weighted by Gasteiger charge is -2.25. The van der Waals surface area contributed by atoms with E-state index in [9.17, 15) is 4.79 Å². The number of rotatable bonds is 9. The van der Waals surface area contributed by atoms with E-state index < -0.39 is 0 Å². The molecule has 33 heavy (non-hydrogen) atoms. The Morgan fingerprint density at radius 1 is 0.909 bits per heavy atom. The van der Waals surface area contributed by atoms with E-state index in [1.807, 2.05) is 53.4 Å². The van der Waals surface area contributed by atoms with Crippen LogP contribution in [0.4, 0.5) is 0 Å². The van der Waals surface area contributed by atoms with Crippen LogP contribution in [-0.4, -0.2) is 38.4 Å². The van der Waals surface area contributed by atoms with Crippen molar-refractivity contribution in [3.05, 3.63) is 83.4 Å². The van der Waals surface area contributed by atoms with Gasteiger partial charge in [0.15, 0.2) is 23.0 Å². The van der Waals surface area contributed by atoms with Gasteiger partial charge in [-0.1, -0.05) is 42.5 Å². The number of benzene rings is 3. The molecular weight excluding hydrogens is 418 g/mol. The summed E-state index contributed by atoms with van der Waals surface area (Å²) in [4.78, 5) is 14.4. The van der Waals surface area contributed by atoms with Gasteiger partial charge in [-0.15, -0.1) is 0 Å². The Bertz CT molecular complexity index is 1100. The molecule has 0 unspecified atom stereocenters. The zero-order valence-corrected chi connectivity index (χ0v) is 19.2. The fourth-order valence-corrected chi connectivity index (χ4v) is 4.17. The van der Waals surface area contributed by atoms with E-state index in [2.05, 4.69) is 18.2 Å². The van der Waals surface area contributed by atoms with Crippen LogP contribution in [-0.2, 0) is 11.3 Å². The van der Waals surface area contributed by atoms with Crippen LogP contribution in [0.1, 0.15) is 36.0 Å². The average Bonchev–Trinajstić information content (AvgIpc) is 3.32. The van der Waals surface area contributed by atoms with Crippen molar-refractivity contribution < 1.29 is 23.7 Å². The number of hydrogen-bond donors (Lipinski definition) is 0. The van der Waals surface area contributed by atoms with Gasteiger partial charge >= 0.3 is 0 Å². The van der Waals surface area contributed by atoms with Crippen molar-refractivity contribution in [2.75, 3.05) is 27.6 Å². The van der Waals surface area contributed by atoms with Crippen molar-refractivity contribution in [3.63, 3.8) is 0 Å². The highest BCUT2D eigenvalue weighted by molar-refractivity contribution is 5.73.